The molecular weight excluding hydrogens is 351 g/mol. The van der Waals surface area contributed by atoms with Crippen LogP contribution in [-0.2, 0) is 19.1 Å². The Labute approximate surface area is 156 Å². The fourth-order valence-electron chi connectivity index (χ4n) is 2.14. The van der Waals surface area contributed by atoms with Crippen LogP contribution in [0.3, 0.4) is 0 Å². The number of benzene rings is 2. The molecule has 2 aromatic rings. The number of hydrogen-bond acceptors (Lipinski definition) is 5. The summed E-state index contributed by atoms with van der Waals surface area (Å²) in [4.78, 5) is 22.6. The number of hydrogen-bond donors (Lipinski definition) is 0. The molecule has 0 fully saturated rings. The van der Waals surface area contributed by atoms with Crippen LogP contribution in [-0.4, -0.2) is 31.3 Å². The lowest BCUT2D eigenvalue weighted by atomic mass is 10.1. The van der Waals surface area contributed by atoms with Crippen LogP contribution in [0.15, 0.2) is 73.8 Å². The van der Waals surface area contributed by atoms with Crippen molar-refractivity contribution in [3.8, 4) is 16.9 Å². The second-order valence-electron chi connectivity index (χ2n) is 5.44. The molecule has 0 N–H and O–H groups in total. The lowest BCUT2D eigenvalue weighted by Crippen LogP contribution is -2.30. The third-order valence-corrected chi connectivity index (χ3v) is 3.50. The Morgan fingerprint density at radius 3 is 2.00 bits per heavy atom. The van der Waals surface area contributed by atoms with Crippen LogP contribution in [0.25, 0.3) is 11.1 Å². The molecule has 6 heteroatoms. The molecule has 0 aliphatic rings. The summed E-state index contributed by atoms with van der Waals surface area (Å²) < 4.78 is 28.6. The number of halogens is 1. The molecule has 1 atom stereocenters. The SMILES string of the molecule is C=CC(=O)OCC(COc1ccc(-c2ccc(F)cc2)cc1)OC(=O)C=C. The largest absolute Gasteiger partial charge is 0.490 e. The van der Waals surface area contributed by atoms with Crippen LogP contribution in [0.1, 0.15) is 0 Å². The summed E-state index contributed by atoms with van der Waals surface area (Å²) in [5.41, 5.74) is 1.77. The number of ether oxygens (including phenoxy) is 3. The summed E-state index contributed by atoms with van der Waals surface area (Å²) in [6.45, 7) is 6.44. The predicted molar refractivity (Wildman–Crippen MR) is 98.6 cm³/mol. The van der Waals surface area contributed by atoms with E-state index in [2.05, 4.69) is 13.2 Å². The van der Waals surface area contributed by atoms with E-state index in [-0.39, 0.29) is 19.0 Å². The number of rotatable bonds is 9. The maximum Gasteiger partial charge on any atom is 0.330 e. The first-order valence-corrected chi connectivity index (χ1v) is 8.13. The molecule has 0 bridgehead atoms. The highest BCUT2D eigenvalue weighted by Gasteiger charge is 2.16. The zero-order chi connectivity index (χ0) is 19.6. The van der Waals surface area contributed by atoms with Gasteiger partial charge in [0.25, 0.3) is 0 Å². The molecule has 0 aliphatic carbocycles. The van der Waals surface area contributed by atoms with Crippen molar-refractivity contribution in [2.45, 2.75) is 6.10 Å². The molecule has 0 spiro atoms. The molecule has 0 saturated heterocycles. The molecular formula is C21H19FO5. The molecule has 27 heavy (non-hydrogen) atoms. The fourth-order valence-corrected chi connectivity index (χ4v) is 2.14. The van der Waals surface area contributed by atoms with Crippen molar-refractivity contribution in [2.24, 2.45) is 0 Å². The topological polar surface area (TPSA) is 61.8 Å². The zero-order valence-electron chi connectivity index (χ0n) is 14.6. The number of esters is 2. The van der Waals surface area contributed by atoms with Crippen LogP contribution in [0.2, 0.25) is 0 Å². The van der Waals surface area contributed by atoms with Gasteiger partial charge in [-0.05, 0) is 35.4 Å². The van der Waals surface area contributed by atoms with E-state index in [0.717, 1.165) is 23.3 Å². The maximum atomic E-state index is 13.0. The maximum absolute atomic E-state index is 13.0. The smallest absolute Gasteiger partial charge is 0.330 e. The molecule has 0 amide bonds. The first-order chi connectivity index (χ1) is 13.0. The Balaban J connectivity index is 1.97. The number of carbonyl (C=O) groups excluding carboxylic acids is 2. The third-order valence-electron chi connectivity index (χ3n) is 3.50. The molecule has 0 aliphatic heterocycles. The van der Waals surface area contributed by atoms with Crippen molar-refractivity contribution < 1.29 is 28.2 Å². The quantitative estimate of drug-likeness (QED) is 0.498. The van der Waals surface area contributed by atoms with E-state index < -0.39 is 18.0 Å². The summed E-state index contributed by atoms with van der Waals surface area (Å²) in [5, 5.41) is 0. The normalized spacial score (nSPS) is 11.1. The van der Waals surface area contributed by atoms with Crippen molar-refractivity contribution >= 4 is 11.9 Å². The third kappa shape index (κ3) is 6.43. The minimum Gasteiger partial charge on any atom is -0.490 e. The second-order valence-corrected chi connectivity index (χ2v) is 5.44. The fraction of sp³-hybridized carbons (Fsp3) is 0.143. The van der Waals surface area contributed by atoms with Crippen molar-refractivity contribution in [3.63, 3.8) is 0 Å². The zero-order valence-corrected chi connectivity index (χ0v) is 14.6. The minimum absolute atomic E-state index is 0.0140. The average molecular weight is 370 g/mol. The van der Waals surface area contributed by atoms with Crippen molar-refractivity contribution in [1.29, 1.82) is 0 Å². The highest BCUT2D eigenvalue weighted by atomic mass is 19.1. The second kappa shape index (κ2) is 9.91. The summed E-state index contributed by atoms with van der Waals surface area (Å²) >= 11 is 0. The molecule has 5 nitrogen and oxygen atoms in total. The minimum atomic E-state index is -0.795. The van der Waals surface area contributed by atoms with Crippen LogP contribution < -0.4 is 4.74 Å². The van der Waals surface area contributed by atoms with Gasteiger partial charge >= 0.3 is 11.9 Å². The predicted octanol–water partition coefficient (Wildman–Crippen LogP) is 3.70. The summed E-state index contributed by atoms with van der Waals surface area (Å²) in [7, 11) is 0. The molecule has 0 saturated carbocycles. The Hall–Kier alpha value is -3.41. The van der Waals surface area contributed by atoms with Gasteiger partial charge in [0.1, 0.15) is 24.8 Å². The van der Waals surface area contributed by atoms with E-state index in [1.165, 1.54) is 12.1 Å². The first-order valence-electron chi connectivity index (χ1n) is 8.13. The van der Waals surface area contributed by atoms with Crippen LogP contribution in [0, 0.1) is 5.82 Å². The summed E-state index contributed by atoms with van der Waals surface area (Å²) in [5.74, 6) is -1.03. The van der Waals surface area contributed by atoms with E-state index in [9.17, 15) is 14.0 Å². The molecule has 0 radical (unpaired) electrons. The molecule has 1 unspecified atom stereocenters. The van der Waals surface area contributed by atoms with Crippen LogP contribution >= 0.6 is 0 Å². The molecule has 2 rings (SSSR count). The summed E-state index contributed by atoms with van der Waals surface area (Å²) in [6.07, 6.45) is 1.23. The van der Waals surface area contributed by atoms with Gasteiger partial charge < -0.3 is 14.2 Å². The van der Waals surface area contributed by atoms with Crippen molar-refractivity contribution in [1.82, 2.24) is 0 Å². The lowest BCUT2D eigenvalue weighted by molar-refractivity contribution is -0.154. The van der Waals surface area contributed by atoms with E-state index in [4.69, 9.17) is 14.2 Å². The van der Waals surface area contributed by atoms with E-state index in [1.807, 2.05) is 12.1 Å². The van der Waals surface area contributed by atoms with Gasteiger partial charge in [-0.15, -0.1) is 0 Å². The van der Waals surface area contributed by atoms with Gasteiger partial charge in [0.15, 0.2) is 6.10 Å². The first kappa shape index (κ1) is 19.9. The Bertz CT molecular complexity index is 796. The van der Waals surface area contributed by atoms with Gasteiger partial charge in [-0.25, -0.2) is 14.0 Å². The Morgan fingerprint density at radius 2 is 1.44 bits per heavy atom. The van der Waals surface area contributed by atoms with Crippen molar-refractivity contribution in [2.75, 3.05) is 13.2 Å². The highest BCUT2D eigenvalue weighted by molar-refractivity contribution is 5.82. The number of carbonyl (C=O) groups is 2. The standard InChI is InChI=1S/C21H19FO5/c1-3-20(23)26-14-19(27-21(24)4-2)13-25-18-11-7-16(8-12-18)15-5-9-17(22)10-6-15/h3-12,19H,1-2,13-14H2. The molecule has 0 heterocycles. The van der Waals surface area contributed by atoms with Gasteiger partial charge in [-0.2, -0.15) is 0 Å². The van der Waals surface area contributed by atoms with Gasteiger partial charge in [0, 0.05) is 12.2 Å². The molecule has 2 aromatic carbocycles. The van der Waals surface area contributed by atoms with Crippen LogP contribution in [0.4, 0.5) is 4.39 Å². The Morgan fingerprint density at radius 1 is 0.889 bits per heavy atom. The molecule has 0 aromatic heterocycles. The van der Waals surface area contributed by atoms with Gasteiger partial charge in [-0.3, -0.25) is 0 Å². The van der Waals surface area contributed by atoms with Crippen molar-refractivity contribution in [3.05, 3.63) is 79.7 Å². The average Bonchev–Trinajstić information content (AvgIpc) is 2.70. The Kier molecular flexibility index (Phi) is 7.31. The summed E-state index contributed by atoms with van der Waals surface area (Å²) in [6, 6.07) is 13.3. The van der Waals surface area contributed by atoms with E-state index >= 15 is 0 Å². The lowest BCUT2D eigenvalue weighted by Gasteiger charge is -2.17. The highest BCUT2D eigenvalue weighted by Crippen LogP contribution is 2.22. The van der Waals surface area contributed by atoms with Crippen LogP contribution in [0.5, 0.6) is 5.75 Å². The van der Waals surface area contributed by atoms with E-state index in [1.54, 1.807) is 24.3 Å². The molecule has 140 valence electrons. The van der Waals surface area contributed by atoms with Gasteiger partial charge in [-0.1, -0.05) is 37.4 Å². The van der Waals surface area contributed by atoms with Gasteiger partial charge in [0.2, 0.25) is 0 Å². The monoisotopic (exact) mass is 370 g/mol. The van der Waals surface area contributed by atoms with E-state index in [0.29, 0.717) is 5.75 Å². The van der Waals surface area contributed by atoms with Gasteiger partial charge in [0.05, 0.1) is 0 Å².